The van der Waals surface area contributed by atoms with E-state index in [1.165, 1.54) is 22.5 Å². The molecule has 2 aliphatic rings. The molecule has 4 atom stereocenters. The van der Waals surface area contributed by atoms with Crippen LogP contribution in [0.2, 0.25) is 0 Å². The number of carbonyl (C=O) groups excluding carboxylic acids is 2. The summed E-state index contributed by atoms with van der Waals surface area (Å²) in [6.07, 6.45) is -1.42. The first-order chi connectivity index (χ1) is 29.0. The summed E-state index contributed by atoms with van der Waals surface area (Å²) in [5, 5.41) is 0. The third-order valence-electron chi connectivity index (χ3n) is 11.2. The van der Waals surface area contributed by atoms with Gasteiger partial charge in [0.05, 0.1) is 35.1 Å². The molecule has 2 fully saturated rings. The molecule has 0 amide bonds. The van der Waals surface area contributed by atoms with E-state index in [4.69, 9.17) is 18.9 Å². The fraction of sp³-hybridized carbons (Fsp3) is 0.458. The maximum Gasteiger partial charge on any atom is 0.308 e. The van der Waals surface area contributed by atoms with Crippen LogP contribution in [-0.4, -0.2) is 62.7 Å². The first-order valence-electron chi connectivity index (χ1n) is 21.1. The van der Waals surface area contributed by atoms with Gasteiger partial charge in [-0.05, 0) is 88.5 Å². The number of esters is 2. The summed E-state index contributed by atoms with van der Waals surface area (Å²) >= 11 is 0. The Hall–Kier alpha value is -4.44. The van der Waals surface area contributed by atoms with Gasteiger partial charge in [0.2, 0.25) is 20.0 Å². The van der Waals surface area contributed by atoms with Crippen LogP contribution < -0.4 is 9.47 Å². The lowest BCUT2D eigenvalue weighted by atomic mass is 9.96. The van der Waals surface area contributed by atoms with Crippen molar-refractivity contribution in [1.29, 1.82) is 0 Å². The highest BCUT2D eigenvalue weighted by Crippen LogP contribution is 2.50. The molecule has 0 bridgehead atoms. The van der Waals surface area contributed by atoms with E-state index in [-0.39, 0.29) is 68.6 Å². The smallest absolute Gasteiger partial charge is 0.308 e. The van der Waals surface area contributed by atoms with Gasteiger partial charge in [-0.2, -0.15) is 8.61 Å². The van der Waals surface area contributed by atoms with E-state index in [9.17, 15) is 26.4 Å². The number of para-hydroxylation sites is 2. The van der Waals surface area contributed by atoms with E-state index >= 15 is 0 Å². The van der Waals surface area contributed by atoms with Crippen LogP contribution in [0.4, 0.5) is 0 Å². The zero-order chi connectivity index (χ0) is 45.6. The van der Waals surface area contributed by atoms with Crippen molar-refractivity contribution in [1.82, 2.24) is 8.61 Å². The Balaban J connectivity index is 1.57. The van der Waals surface area contributed by atoms with Crippen LogP contribution in [0.15, 0.2) is 70.5 Å². The topological polar surface area (TPSA) is 146 Å². The third kappa shape index (κ3) is 9.27. The zero-order valence-electron chi connectivity index (χ0n) is 37.9. The summed E-state index contributed by atoms with van der Waals surface area (Å²) in [5.41, 5.74) is 5.35. The van der Waals surface area contributed by atoms with E-state index in [0.29, 0.717) is 35.1 Å². The second kappa shape index (κ2) is 18.3. The highest BCUT2D eigenvalue weighted by molar-refractivity contribution is 7.89. The maximum absolute atomic E-state index is 15.0. The van der Waals surface area contributed by atoms with Crippen molar-refractivity contribution in [3.05, 3.63) is 105 Å². The zero-order valence-corrected chi connectivity index (χ0v) is 39.5. The lowest BCUT2D eigenvalue weighted by Gasteiger charge is -2.31. The summed E-state index contributed by atoms with van der Waals surface area (Å²) in [6.45, 7) is 21.7. The summed E-state index contributed by atoms with van der Waals surface area (Å²) in [6, 6.07) is 16.3. The van der Waals surface area contributed by atoms with Crippen LogP contribution in [-0.2, 0) is 39.1 Å². The number of benzene rings is 4. The minimum Gasteiger partial charge on any atom is -0.426 e. The fourth-order valence-electron chi connectivity index (χ4n) is 9.41. The Bertz CT molecular complexity index is 2380. The minimum atomic E-state index is -4.22. The van der Waals surface area contributed by atoms with Crippen molar-refractivity contribution in [2.75, 3.05) is 13.2 Å². The molecule has 4 aromatic carbocycles. The summed E-state index contributed by atoms with van der Waals surface area (Å²) in [4.78, 5) is 26.5. The molecule has 2 saturated heterocycles. The van der Waals surface area contributed by atoms with E-state index < -0.39 is 56.5 Å². The molecule has 12 nitrogen and oxygen atoms in total. The van der Waals surface area contributed by atoms with Gasteiger partial charge in [0.15, 0.2) is 12.5 Å². The highest BCUT2D eigenvalue weighted by atomic mass is 32.2. The van der Waals surface area contributed by atoms with E-state index in [0.717, 1.165) is 11.1 Å². The molecule has 0 aliphatic carbocycles. The first kappa shape index (κ1) is 47.0. The maximum atomic E-state index is 15.0. The molecule has 2 aliphatic heterocycles. The Morgan fingerprint density at radius 1 is 0.597 bits per heavy atom. The Kier molecular flexibility index (Phi) is 13.9. The van der Waals surface area contributed by atoms with Crippen molar-refractivity contribution in [3.63, 3.8) is 0 Å². The predicted molar refractivity (Wildman–Crippen MR) is 238 cm³/mol. The number of ether oxygens (including phenoxy) is 4. The van der Waals surface area contributed by atoms with Gasteiger partial charge in [-0.3, -0.25) is 9.59 Å². The van der Waals surface area contributed by atoms with E-state index in [1.54, 1.807) is 64.1 Å². The van der Waals surface area contributed by atoms with Crippen LogP contribution >= 0.6 is 0 Å². The van der Waals surface area contributed by atoms with Crippen LogP contribution in [0.5, 0.6) is 11.5 Å². The average molecular weight is 889 g/mol. The highest BCUT2D eigenvalue weighted by Gasteiger charge is 2.48. The van der Waals surface area contributed by atoms with Crippen molar-refractivity contribution >= 4 is 32.0 Å². The fourth-order valence-corrected chi connectivity index (χ4v) is 13.6. The van der Waals surface area contributed by atoms with Gasteiger partial charge in [0, 0.05) is 36.1 Å². The average Bonchev–Trinajstić information content (AvgIpc) is 3.75. The van der Waals surface area contributed by atoms with Gasteiger partial charge in [-0.25, -0.2) is 16.8 Å². The Labute approximate surface area is 367 Å². The van der Waals surface area contributed by atoms with Crippen LogP contribution in [0.3, 0.4) is 0 Å². The second-order valence-corrected chi connectivity index (χ2v) is 21.3. The molecule has 0 aromatic heterocycles. The first-order valence-corrected chi connectivity index (χ1v) is 24.0. The summed E-state index contributed by atoms with van der Waals surface area (Å²) in [7, 11) is -8.44. The van der Waals surface area contributed by atoms with Crippen LogP contribution in [0, 0.1) is 53.4 Å². The van der Waals surface area contributed by atoms with Crippen molar-refractivity contribution in [2.45, 2.75) is 130 Å². The normalized spacial score (nSPS) is 20.0. The molecule has 62 heavy (non-hydrogen) atoms. The number of rotatable bonds is 13. The SMILES string of the molecule is CC(=O)Oc1c(-c2cccc([C@@H]3OC[C@H](CC(C)C)N3S(=O)(=O)c3c(C)cc(C)cc3C)c2OC(C)=O)cccc1[C@@H]1OC[C@H](CC(C)C)N1S(=O)(=O)c1c(C)cc(C)cc1C. The number of hydrogen-bond donors (Lipinski definition) is 0. The molecule has 4 aromatic rings. The monoisotopic (exact) mass is 888 g/mol. The molecule has 0 saturated carbocycles. The number of aryl methyl sites for hydroxylation is 6. The van der Waals surface area contributed by atoms with Gasteiger partial charge in [-0.15, -0.1) is 0 Å². The minimum absolute atomic E-state index is 0.00120. The molecule has 2 heterocycles. The Morgan fingerprint density at radius 2 is 0.919 bits per heavy atom. The molecule has 0 radical (unpaired) electrons. The number of hydrogen-bond acceptors (Lipinski definition) is 10. The molecule has 6 rings (SSSR count). The van der Waals surface area contributed by atoms with Gasteiger partial charge >= 0.3 is 11.9 Å². The predicted octanol–water partition coefficient (Wildman–Crippen LogP) is 9.32. The van der Waals surface area contributed by atoms with Gasteiger partial charge in [0.1, 0.15) is 11.5 Å². The quantitative estimate of drug-likeness (QED) is 0.0941. The summed E-state index contributed by atoms with van der Waals surface area (Å²) < 4.78 is 87.7. The van der Waals surface area contributed by atoms with E-state index in [1.807, 2.05) is 65.8 Å². The van der Waals surface area contributed by atoms with Crippen molar-refractivity contribution in [3.8, 4) is 22.6 Å². The second-order valence-electron chi connectivity index (χ2n) is 17.7. The third-order valence-corrected chi connectivity index (χ3v) is 15.7. The van der Waals surface area contributed by atoms with E-state index in [2.05, 4.69) is 0 Å². The standard InChI is InChI=1S/C48H60N2O10S2/c1-27(2)19-37-25-57-47(49(37)61(53,54)45-31(7)21-29(5)22-32(45)8)41-17-13-15-39(43(41)59-35(11)51)40-16-14-18-42(44(40)60-36(12)52)48-50(38(26-58-48)20-28(3)4)62(55,56)46-33(9)23-30(6)24-34(46)10/h13-18,21-24,27-28,37-38,47-48H,19-20,25-26H2,1-12H3/t37-,38-,47-,48-/m0/s1. The molecule has 14 heteroatoms. The summed E-state index contributed by atoms with van der Waals surface area (Å²) in [5.74, 6) is -1.13. The molecule has 334 valence electrons. The van der Waals surface area contributed by atoms with Crippen LogP contribution in [0.1, 0.15) is 111 Å². The van der Waals surface area contributed by atoms with Gasteiger partial charge < -0.3 is 18.9 Å². The van der Waals surface area contributed by atoms with Crippen molar-refractivity contribution < 1.29 is 45.4 Å². The Morgan fingerprint density at radius 3 is 1.21 bits per heavy atom. The lowest BCUT2D eigenvalue weighted by Crippen LogP contribution is -2.40. The molecule has 0 unspecified atom stereocenters. The molecular weight excluding hydrogens is 829 g/mol. The largest absolute Gasteiger partial charge is 0.426 e. The number of sulfonamides is 2. The number of nitrogens with zero attached hydrogens (tertiary/aromatic N) is 2. The molecular formula is C48H60N2O10S2. The van der Waals surface area contributed by atoms with Gasteiger partial charge in [-0.1, -0.05) is 99.5 Å². The molecule has 0 spiro atoms. The van der Waals surface area contributed by atoms with Crippen LogP contribution in [0.25, 0.3) is 11.1 Å². The molecule has 0 N–H and O–H groups in total. The van der Waals surface area contributed by atoms with Gasteiger partial charge in [0.25, 0.3) is 0 Å². The number of carbonyl (C=O) groups is 2. The lowest BCUT2D eigenvalue weighted by molar-refractivity contribution is -0.133. The van der Waals surface area contributed by atoms with Crippen molar-refractivity contribution in [2.24, 2.45) is 11.8 Å².